The summed E-state index contributed by atoms with van der Waals surface area (Å²) in [5.74, 6) is -1.76. The zero-order valence-corrected chi connectivity index (χ0v) is 21.2. The second-order valence-corrected chi connectivity index (χ2v) is 10.4. The van der Waals surface area contributed by atoms with Crippen molar-refractivity contribution in [3.8, 4) is 0 Å². The molecule has 3 aliphatic rings. The van der Waals surface area contributed by atoms with E-state index in [-0.39, 0.29) is 40.3 Å². The fourth-order valence-electron chi connectivity index (χ4n) is 5.57. The highest BCUT2D eigenvalue weighted by atomic mass is 16.2. The van der Waals surface area contributed by atoms with E-state index in [0.717, 1.165) is 64.2 Å². The maximum atomic E-state index is 13.2. The van der Waals surface area contributed by atoms with E-state index >= 15 is 0 Å². The van der Waals surface area contributed by atoms with Gasteiger partial charge in [-0.2, -0.15) is 0 Å². The molecule has 4 N–H and O–H groups in total. The molecule has 5 rings (SSSR count). The standard InChI is InChI=1S/C29H32N4O5/c34-25(17-7-3-1-4-8-17)31-21-13-19(14-22(15-21)32-26(35)18-9-5-2-6-10-18)27(36)30-20-11-12-23-24(16-20)29(38)33-28(23)37/h11-18H,1-10H2,(H,30,36)(H,31,34)(H,32,35)(H,33,37,38). The van der Waals surface area contributed by atoms with Crippen molar-refractivity contribution in [3.63, 3.8) is 0 Å². The number of anilines is 3. The Morgan fingerprint density at radius 1 is 0.605 bits per heavy atom. The molecule has 5 amide bonds. The zero-order valence-electron chi connectivity index (χ0n) is 21.2. The summed E-state index contributed by atoms with van der Waals surface area (Å²) in [6.07, 6.45) is 9.71. The summed E-state index contributed by atoms with van der Waals surface area (Å²) in [5, 5.41) is 10.9. The zero-order chi connectivity index (χ0) is 26.6. The van der Waals surface area contributed by atoms with Crippen LogP contribution >= 0.6 is 0 Å². The van der Waals surface area contributed by atoms with Gasteiger partial charge in [0.2, 0.25) is 11.8 Å². The fraction of sp³-hybridized carbons (Fsp3) is 0.414. The number of imide groups is 1. The number of nitrogens with one attached hydrogen (secondary N) is 4. The first-order valence-corrected chi connectivity index (χ1v) is 13.5. The summed E-state index contributed by atoms with van der Waals surface area (Å²) >= 11 is 0. The van der Waals surface area contributed by atoms with E-state index in [1.165, 1.54) is 12.1 Å². The van der Waals surface area contributed by atoms with Crippen molar-refractivity contribution in [1.29, 1.82) is 0 Å². The average Bonchev–Trinajstić information content (AvgIpc) is 3.21. The molecule has 1 heterocycles. The molecule has 38 heavy (non-hydrogen) atoms. The first-order chi connectivity index (χ1) is 18.4. The van der Waals surface area contributed by atoms with E-state index < -0.39 is 17.7 Å². The Morgan fingerprint density at radius 2 is 1.13 bits per heavy atom. The molecular formula is C29H32N4O5. The second kappa shape index (κ2) is 11.2. The summed E-state index contributed by atoms with van der Waals surface area (Å²) in [6, 6.07) is 9.33. The summed E-state index contributed by atoms with van der Waals surface area (Å²) in [7, 11) is 0. The van der Waals surface area contributed by atoms with Gasteiger partial charge in [-0.1, -0.05) is 38.5 Å². The van der Waals surface area contributed by atoms with Crippen LogP contribution in [0.2, 0.25) is 0 Å². The Bertz CT molecular complexity index is 1240. The molecule has 9 heteroatoms. The lowest BCUT2D eigenvalue weighted by molar-refractivity contribution is -0.121. The van der Waals surface area contributed by atoms with Crippen LogP contribution in [0.15, 0.2) is 36.4 Å². The molecule has 0 spiro atoms. The van der Waals surface area contributed by atoms with E-state index in [4.69, 9.17) is 0 Å². The largest absolute Gasteiger partial charge is 0.326 e. The van der Waals surface area contributed by atoms with E-state index in [1.54, 1.807) is 24.3 Å². The Labute approximate surface area is 221 Å². The molecule has 0 radical (unpaired) electrons. The summed E-state index contributed by atoms with van der Waals surface area (Å²) in [6.45, 7) is 0. The number of benzene rings is 2. The van der Waals surface area contributed by atoms with Crippen molar-refractivity contribution in [2.75, 3.05) is 16.0 Å². The third kappa shape index (κ3) is 5.77. The molecule has 0 aromatic heterocycles. The Hall–Kier alpha value is -4.01. The molecule has 0 bridgehead atoms. The Balaban J connectivity index is 1.37. The third-order valence-electron chi connectivity index (χ3n) is 7.68. The van der Waals surface area contributed by atoms with Gasteiger partial charge in [0.25, 0.3) is 17.7 Å². The lowest BCUT2D eigenvalue weighted by atomic mass is 9.88. The summed E-state index contributed by atoms with van der Waals surface area (Å²) < 4.78 is 0. The molecular weight excluding hydrogens is 484 g/mol. The Morgan fingerprint density at radius 3 is 1.68 bits per heavy atom. The maximum Gasteiger partial charge on any atom is 0.259 e. The highest BCUT2D eigenvalue weighted by molar-refractivity contribution is 6.22. The minimum absolute atomic E-state index is 0.0678. The van der Waals surface area contributed by atoms with Crippen molar-refractivity contribution >= 4 is 46.6 Å². The molecule has 2 aromatic rings. The van der Waals surface area contributed by atoms with Crippen LogP contribution in [-0.2, 0) is 9.59 Å². The normalized spacial score (nSPS) is 17.9. The predicted octanol–water partition coefficient (Wildman–Crippen LogP) is 4.86. The molecule has 9 nitrogen and oxygen atoms in total. The van der Waals surface area contributed by atoms with Crippen LogP contribution in [0.3, 0.4) is 0 Å². The van der Waals surface area contributed by atoms with Gasteiger partial charge in [-0.3, -0.25) is 29.3 Å². The monoisotopic (exact) mass is 516 g/mol. The number of hydrogen-bond donors (Lipinski definition) is 4. The van der Waals surface area contributed by atoms with Crippen molar-refractivity contribution in [2.45, 2.75) is 64.2 Å². The van der Waals surface area contributed by atoms with E-state index in [1.807, 2.05) is 0 Å². The number of hydrogen-bond acceptors (Lipinski definition) is 5. The molecule has 2 aromatic carbocycles. The van der Waals surface area contributed by atoms with Crippen LogP contribution in [0.5, 0.6) is 0 Å². The average molecular weight is 517 g/mol. The topological polar surface area (TPSA) is 133 Å². The molecule has 2 saturated carbocycles. The summed E-state index contributed by atoms with van der Waals surface area (Å²) in [4.78, 5) is 62.9. The number of carbonyl (C=O) groups is 5. The number of rotatable bonds is 6. The first kappa shape index (κ1) is 25.6. The van der Waals surface area contributed by atoms with Gasteiger partial charge in [-0.15, -0.1) is 0 Å². The van der Waals surface area contributed by atoms with Gasteiger partial charge in [0, 0.05) is 34.5 Å². The number of carbonyl (C=O) groups excluding carboxylic acids is 5. The summed E-state index contributed by atoms with van der Waals surface area (Å²) in [5.41, 5.74) is 1.92. The molecule has 0 unspecified atom stereocenters. The molecule has 1 aliphatic heterocycles. The smallest absolute Gasteiger partial charge is 0.259 e. The van der Waals surface area contributed by atoms with Gasteiger partial charge in [0.15, 0.2) is 0 Å². The van der Waals surface area contributed by atoms with E-state index in [0.29, 0.717) is 17.1 Å². The lowest BCUT2D eigenvalue weighted by Crippen LogP contribution is -2.26. The molecule has 2 fully saturated rings. The Kier molecular flexibility index (Phi) is 7.53. The predicted molar refractivity (Wildman–Crippen MR) is 143 cm³/mol. The molecule has 0 saturated heterocycles. The van der Waals surface area contributed by atoms with Crippen LogP contribution in [0.1, 0.15) is 95.3 Å². The SMILES string of the molecule is O=C(Nc1ccc2c(c1)C(=O)NC2=O)c1cc(NC(=O)C2CCCCC2)cc(NC(=O)C2CCCCC2)c1. The van der Waals surface area contributed by atoms with Crippen molar-refractivity contribution in [3.05, 3.63) is 53.1 Å². The van der Waals surface area contributed by atoms with Crippen LogP contribution in [0.25, 0.3) is 0 Å². The van der Waals surface area contributed by atoms with Gasteiger partial charge in [-0.25, -0.2) is 0 Å². The third-order valence-corrected chi connectivity index (χ3v) is 7.68. The van der Waals surface area contributed by atoms with Gasteiger partial charge in [0.05, 0.1) is 11.1 Å². The second-order valence-electron chi connectivity index (χ2n) is 10.4. The van der Waals surface area contributed by atoms with E-state index in [2.05, 4.69) is 21.3 Å². The van der Waals surface area contributed by atoms with Crippen LogP contribution < -0.4 is 21.3 Å². The van der Waals surface area contributed by atoms with Crippen molar-refractivity contribution in [1.82, 2.24) is 5.32 Å². The van der Waals surface area contributed by atoms with Crippen molar-refractivity contribution < 1.29 is 24.0 Å². The number of amides is 5. The quantitative estimate of drug-likeness (QED) is 0.407. The minimum atomic E-state index is -0.513. The minimum Gasteiger partial charge on any atom is -0.326 e. The van der Waals surface area contributed by atoms with Crippen LogP contribution in [0, 0.1) is 11.8 Å². The van der Waals surface area contributed by atoms with Gasteiger partial charge >= 0.3 is 0 Å². The van der Waals surface area contributed by atoms with E-state index in [9.17, 15) is 24.0 Å². The fourth-order valence-corrected chi connectivity index (χ4v) is 5.57. The van der Waals surface area contributed by atoms with Gasteiger partial charge < -0.3 is 16.0 Å². The molecule has 0 atom stereocenters. The highest BCUT2D eigenvalue weighted by Gasteiger charge is 2.27. The van der Waals surface area contributed by atoms with Crippen molar-refractivity contribution in [2.24, 2.45) is 11.8 Å². The van der Waals surface area contributed by atoms with Crippen LogP contribution in [0.4, 0.5) is 17.1 Å². The molecule has 198 valence electrons. The van der Waals surface area contributed by atoms with Gasteiger partial charge in [0.1, 0.15) is 0 Å². The van der Waals surface area contributed by atoms with Crippen LogP contribution in [-0.4, -0.2) is 29.5 Å². The van der Waals surface area contributed by atoms with Gasteiger partial charge in [-0.05, 0) is 62.1 Å². The molecule has 2 aliphatic carbocycles. The lowest BCUT2D eigenvalue weighted by Gasteiger charge is -2.22. The number of fused-ring (bicyclic) bond motifs is 1. The maximum absolute atomic E-state index is 13.2. The highest BCUT2D eigenvalue weighted by Crippen LogP contribution is 2.29. The first-order valence-electron chi connectivity index (χ1n) is 13.5.